The minimum Gasteiger partial charge on any atom is -0.322 e. The van der Waals surface area contributed by atoms with E-state index in [-0.39, 0.29) is 5.82 Å². The molecule has 1 aliphatic heterocycles. The first-order valence-electron chi connectivity index (χ1n) is 7.86. The summed E-state index contributed by atoms with van der Waals surface area (Å²) in [6.45, 7) is 6.83. The molecule has 1 aliphatic rings. The first-order chi connectivity index (χ1) is 10.7. The molecule has 3 rings (SSSR count). The summed E-state index contributed by atoms with van der Waals surface area (Å²) in [5.41, 5.74) is 2.62. The molecule has 2 N–H and O–H groups in total. The summed E-state index contributed by atoms with van der Waals surface area (Å²) < 4.78 is 14.2. The molecule has 2 aromatic rings. The van der Waals surface area contributed by atoms with E-state index in [1.807, 2.05) is 12.1 Å². The Kier molecular flexibility index (Phi) is 5.24. The maximum atomic E-state index is 12.9. The van der Waals surface area contributed by atoms with Crippen molar-refractivity contribution in [3.63, 3.8) is 0 Å². The van der Waals surface area contributed by atoms with Gasteiger partial charge in [-0.1, -0.05) is 46.3 Å². The van der Waals surface area contributed by atoms with Gasteiger partial charge in [0.05, 0.1) is 0 Å². The van der Waals surface area contributed by atoms with Crippen LogP contribution in [0.2, 0.25) is 0 Å². The smallest absolute Gasteiger partial charge is 0.127 e. The minimum atomic E-state index is -0.151. The predicted molar refractivity (Wildman–Crippen MR) is 89.3 cm³/mol. The van der Waals surface area contributed by atoms with E-state index in [4.69, 9.17) is 0 Å². The number of benzene rings is 2. The first-order valence-corrected chi connectivity index (χ1v) is 8.65. The number of nitrogens with one attached hydrogen (secondary N) is 2. The maximum Gasteiger partial charge on any atom is 0.127 e. The summed E-state index contributed by atoms with van der Waals surface area (Å²) in [5.74, 6) is -0.151. The Morgan fingerprint density at radius 3 is 2.05 bits per heavy atom. The molecule has 0 amide bonds. The van der Waals surface area contributed by atoms with Gasteiger partial charge in [0.15, 0.2) is 0 Å². The number of halogens is 2. The molecule has 0 aliphatic carbocycles. The Morgan fingerprint density at radius 2 is 1.41 bits per heavy atom. The highest BCUT2D eigenvalue weighted by Crippen LogP contribution is 2.14. The van der Waals surface area contributed by atoms with Crippen molar-refractivity contribution in [3.8, 4) is 0 Å². The van der Waals surface area contributed by atoms with Crippen molar-refractivity contribution in [2.24, 2.45) is 0 Å². The van der Waals surface area contributed by atoms with E-state index in [1.165, 1.54) is 41.8 Å². The summed E-state index contributed by atoms with van der Waals surface area (Å²) in [7, 11) is 0. The van der Waals surface area contributed by atoms with Gasteiger partial charge in [-0.25, -0.2) is 4.39 Å². The second-order valence-corrected chi connectivity index (χ2v) is 6.93. The molecule has 1 saturated heterocycles. The maximum absolute atomic E-state index is 12.9. The average Bonchev–Trinajstić information content (AvgIpc) is 2.54. The molecule has 0 aromatic heterocycles. The second kappa shape index (κ2) is 7.36. The molecule has 0 unspecified atom stereocenters. The fourth-order valence-corrected chi connectivity index (χ4v) is 3.54. The monoisotopic (exact) mass is 364 g/mol. The van der Waals surface area contributed by atoms with E-state index in [2.05, 4.69) is 40.2 Å². The van der Waals surface area contributed by atoms with Gasteiger partial charge in [-0.2, -0.15) is 0 Å². The second-order valence-electron chi connectivity index (χ2n) is 6.07. The lowest BCUT2D eigenvalue weighted by atomic mass is 10.1. The number of piperazine rings is 1. The minimum absolute atomic E-state index is 0.151. The molecule has 0 saturated carbocycles. The molecule has 1 fully saturated rings. The zero-order valence-corrected chi connectivity index (χ0v) is 14.2. The van der Waals surface area contributed by atoms with E-state index < -0.39 is 0 Å². The summed E-state index contributed by atoms with van der Waals surface area (Å²) >= 11 is 3.64. The Hall–Kier alpha value is -1.23. The third-order valence-corrected chi connectivity index (χ3v) is 5.20. The van der Waals surface area contributed by atoms with Gasteiger partial charge in [0.25, 0.3) is 0 Å². The van der Waals surface area contributed by atoms with Crippen molar-refractivity contribution < 1.29 is 14.2 Å². The van der Waals surface area contributed by atoms with Crippen LogP contribution < -0.4 is 9.80 Å². The first kappa shape index (κ1) is 15.7. The van der Waals surface area contributed by atoms with Crippen LogP contribution in [0.15, 0.2) is 53.0 Å². The highest BCUT2D eigenvalue weighted by Gasteiger charge is 2.23. The molecule has 0 bridgehead atoms. The van der Waals surface area contributed by atoms with Gasteiger partial charge in [-0.05, 0) is 18.2 Å². The number of hydrogen-bond donors (Lipinski definition) is 2. The van der Waals surface area contributed by atoms with Crippen LogP contribution in [0.4, 0.5) is 4.39 Å². The zero-order valence-electron chi connectivity index (χ0n) is 12.6. The van der Waals surface area contributed by atoms with Gasteiger partial charge >= 0.3 is 0 Å². The summed E-state index contributed by atoms with van der Waals surface area (Å²) in [4.78, 5) is 3.25. The van der Waals surface area contributed by atoms with Crippen LogP contribution in [0.1, 0.15) is 11.1 Å². The van der Waals surface area contributed by atoms with E-state index >= 15 is 0 Å². The van der Waals surface area contributed by atoms with Crippen molar-refractivity contribution in [2.75, 3.05) is 26.2 Å². The third kappa shape index (κ3) is 4.15. The highest BCUT2D eigenvalue weighted by atomic mass is 79.9. The van der Waals surface area contributed by atoms with E-state index in [1.54, 1.807) is 21.9 Å². The lowest BCUT2D eigenvalue weighted by Crippen LogP contribution is -3.27. The van der Waals surface area contributed by atoms with Crippen LogP contribution >= 0.6 is 15.9 Å². The molecular weight excluding hydrogens is 343 g/mol. The highest BCUT2D eigenvalue weighted by molar-refractivity contribution is 9.10. The Morgan fingerprint density at radius 1 is 0.818 bits per heavy atom. The van der Waals surface area contributed by atoms with E-state index in [0.717, 1.165) is 13.1 Å². The van der Waals surface area contributed by atoms with Crippen LogP contribution in [0, 0.1) is 5.82 Å². The van der Waals surface area contributed by atoms with Crippen LogP contribution in [0.3, 0.4) is 0 Å². The van der Waals surface area contributed by atoms with Gasteiger partial charge in [0.2, 0.25) is 0 Å². The zero-order chi connectivity index (χ0) is 15.4. The summed E-state index contributed by atoms with van der Waals surface area (Å²) in [6.07, 6.45) is 0. The van der Waals surface area contributed by atoms with Gasteiger partial charge in [-0.15, -0.1) is 0 Å². The Labute approximate surface area is 139 Å². The molecular formula is C18H22BrFN2+2. The van der Waals surface area contributed by atoms with Crippen molar-refractivity contribution in [1.29, 1.82) is 0 Å². The summed E-state index contributed by atoms with van der Waals surface area (Å²) in [5, 5.41) is 0. The van der Waals surface area contributed by atoms with Gasteiger partial charge < -0.3 is 9.80 Å². The lowest BCUT2D eigenvalue weighted by Gasteiger charge is -2.30. The van der Waals surface area contributed by atoms with E-state index in [9.17, 15) is 4.39 Å². The van der Waals surface area contributed by atoms with Crippen LogP contribution in [0.5, 0.6) is 0 Å². The largest absolute Gasteiger partial charge is 0.322 e. The molecule has 2 aromatic carbocycles. The molecule has 116 valence electrons. The standard InChI is InChI=1S/C18H20BrFN2/c19-18-4-2-1-3-16(18)14-22-11-9-21(10-12-22)13-15-5-7-17(20)8-6-15/h1-8H,9-14H2/p+2. The number of rotatable bonds is 4. The normalized spacial score (nSPS) is 21.7. The molecule has 4 heteroatoms. The predicted octanol–water partition coefficient (Wildman–Crippen LogP) is 1.07. The fourth-order valence-electron chi connectivity index (χ4n) is 3.11. The SMILES string of the molecule is Fc1ccc(C[NH+]2CC[NH+](Cc3ccccc3Br)CC2)cc1. The van der Waals surface area contributed by atoms with Crippen LogP contribution in [-0.4, -0.2) is 26.2 Å². The van der Waals surface area contributed by atoms with Gasteiger partial charge in [0, 0.05) is 15.6 Å². The third-order valence-electron chi connectivity index (χ3n) is 4.43. The molecule has 2 nitrogen and oxygen atoms in total. The van der Waals surface area contributed by atoms with Crippen molar-refractivity contribution in [1.82, 2.24) is 0 Å². The van der Waals surface area contributed by atoms with Gasteiger partial charge in [0.1, 0.15) is 45.1 Å². The quantitative estimate of drug-likeness (QED) is 0.802. The topological polar surface area (TPSA) is 8.88 Å². The molecule has 0 radical (unpaired) electrons. The van der Waals surface area contributed by atoms with E-state index in [0.29, 0.717) is 0 Å². The molecule has 0 spiro atoms. The molecule has 0 atom stereocenters. The summed E-state index contributed by atoms with van der Waals surface area (Å²) in [6, 6.07) is 15.4. The number of hydrogen-bond acceptors (Lipinski definition) is 0. The lowest BCUT2D eigenvalue weighted by molar-refractivity contribution is -1.02. The Bertz CT molecular complexity index is 607. The Balaban J connectivity index is 1.50. The molecule has 22 heavy (non-hydrogen) atoms. The van der Waals surface area contributed by atoms with Crippen LogP contribution in [0.25, 0.3) is 0 Å². The molecule has 1 heterocycles. The van der Waals surface area contributed by atoms with Crippen molar-refractivity contribution >= 4 is 15.9 Å². The van der Waals surface area contributed by atoms with Crippen LogP contribution in [-0.2, 0) is 13.1 Å². The fraction of sp³-hybridized carbons (Fsp3) is 0.333. The van der Waals surface area contributed by atoms with Crippen molar-refractivity contribution in [2.45, 2.75) is 13.1 Å². The average molecular weight is 365 g/mol. The van der Waals surface area contributed by atoms with Crippen molar-refractivity contribution in [3.05, 3.63) is 69.9 Å². The van der Waals surface area contributed by atoms with Gasteiger partial charge in [-0.3, -0.25) is 0 Å². The number of quaternary nitrogens is 2.